The predicted octanol–water partition coefficient (Wildman–Crippen LogP) is 1.80. The van der Waals surface area contributed by atoms with E-state index in [1.165, 1.54) is 0 Å². The van der Waals surface area contributed by atoms with E-state index in [-0.39, 0.29) is 24.1 Å². The van der Waals surface area contributed by atoms with Crippen molar-refractivity contribution in [3.05, 3.63) is 22.9 Å². The summed E-state index contributed by atoms with van der Waals surface area (Å²) in [5, 5.41) is 12.4. The molecule has 1 aromatic rings. The van der Waals surface area contributed by atoms with E-state index < -0.39 is 11.5 Å². The Labute approximate surface area is 142 Å². The van der Waals surface area contributed by atoms with E-state index in [0.717, 1.165) is 5.56 Å². The van der Waals surface area contributed by atoms with E-state index in [2.05, 4.69) is 10.3 Å². The number of aromatic carboxylic acids is 1. The van der Waals surface area contributed by atoms with E-state index in [0.29, 0.717) is 24.5 Å². The van der Waals surface area contributed by atoms with Crippen LogP contribution >= 0.6 is 0 Å². The number of carbonyl (C=O) groups excluding carboxylic acids is 1. The molecule has 7 heteroatoms. The summed E-state index contributed by atoms with van der Waals surface area (Å²) < 4.78 is 5.20. The minimum Gasteiger partial charge on any atom is -0.478 e. The molecule has 1 unspecified atom stereocenters. The van der Waals surface area contributed by atoms with Gasteiger partial charge >= 0.3 is 5.97 Å². The number of pyridine rings is 1. The Balaban J connectivity index is 2.65. The van der Waals surface area contributed by atoms with Crippen molar-refractivity contribution in [3.8, 4) is 0 Å². The second kappa shape index (κ2) is 6.76. The quantitative estimate of drug-likeness (QED) is 0.823. The third-order valence-corrected chi connectivity index (χ3v) is 4.86. The van der Waals surface area contributed by atoms with Crippen LogP contribution in [-0.4, -0.2) is 41.3 Å². The van der Waals surface area contributed by atoms with E-state index >= 15 is 0 Å². The van der Waals surface area contributed by atoms with Gasteiger partial charge in [0.15, 0.2) is 0 Å². The summed E-state index contributed by atoms with van der Waals surface area (Å²) in [5.41, 5.74) is 0.790. The largest absolute Gasteiger partial charge is 0.478 e. The zero-order chi connectivity index (χ0) is 18.1. The van der Waals surface area contributed by atoms with Crippen molar-refractivity contribution in [2.75, 3.05) is 18.7 Å². The predicted molar refractivity (Wildman–Crippen MR) is 90.0 cm³/mol. The van der Waals surface area contributed by atoms with Crippen LogP contribution < -0.4 is 10.2 Å². The minimum atomic E-state index is -1.05. The number of aromatic nitrogens is 1. The van der Waals surface area contributed by atoms with Gasteiger partial charge in [-0.3, -0.25) is 4.79 Å². The normalized spacial score (nSPS) is 20.6. The number of carboxylic acids is 1. The van der Waals surface area contributed by atoms with Gasteiger partial charge in [0.25, 0.3) is 0 Å². The molecule has 0 saturated carbocycles. The monoisotopic (exact) mass is 335 g/mol. The van der Waals surface area contributed by atoms with Gasteiger partial charge in [0.1, 0.15) is 16.9 Å². The number of aryl methyl sites for hydroxylation is 1. The number of hydrogen-bond donors (Lipinski definition) is 2. The highest BCUT2D eigenvalue weighted by molar-refractivity contribution is 5.98. The number of carbonyl (C=O) groups is 2. The standard InChI is InChI=1S/C17H25N3O4/c1-6-11-7-12(15(21)22)14(19-13(11)8-24-5)20-9-18-16(23)17(20,4)10(2)3/h7,10H,6,8-9H2,1-5H3,(H,18,23)(H,21,22). The van der Waals surface area contributed by atoms with Gasteiger partial charge in [0.2, 0.25) is 5.91 Å². The molecular weight excluding hydrogens is 310 g/mol. The fraction of sp³-hybridized carbons (Fsp3) is 0.588. The second-order valence-corrected chi connectivity index (χ2v) is 6.45. The Morgan fingerprint density at radius 2 is 2.21 bits per heavy atom. The van der Waals surface area contributed by atoms with Crippen molar-refractivity contribution in [2.45, 2.75) is 46.3 Å². The number of methoxy groups -OCH3 is 1. The number of anilines is 1. The molecule has 24 heavy (non-hydrogen) atoms. The lowest BCUT2D eigenvalue weighted by molar-refractivity contribution is -0.124. The van der Waals surface area contributed by atoms with Gasteiger partial charge in [-0.1, -0.05) is 20.8 Å². The lowest BCUT2D eigenvalue weighted by atomic mass is 9.87. The van der Waals surface area contributed by atoms with Crippen molar-refractivity contribution < 1.29 is 19.4 Å². The molecule has 1 aliphatic rings. The molecule has 1 saturated heterocycles. The molecule has 1 fully saturated rings. The molecule has 2 N–H and O–H groups in total. The maximum Gasteiger partial charge on any atom is 0.339 e. The topological polar surface area (TPSA) is 91.8 Å². The number of ether oxygens (including phenoxy) is 1. The summed E-state index contributed by atoms with van der Waals surface area (Å²) in [5.74, 6) is -0.883. The number of hydrogen-bond acceptors (Lipinski definition) is 5. The van der Waals surface area contributed by atoms with Gasteiger partial charge < -0.3 is 20.1 Å². The Kier molecular flexibility index (Phi) is 5.13. The summed E-state index contributed by atoms with van der Waals surface area (Å²) in [6, 6.07) is 1.64. The van der Waals surface area contributed by atoms with Crippen LogP contribution in [0.2, 0.25) is 0 Å². The first-order valence-corrected chi connectivity index (χ1v) is 8.08. The summed E-state index contributed by atoms with van der Waals surface area (Å²) in [4.78, 5) is 30.5. The highest BCUT2D eigenvalue weighted by Gasteiger charge is 2.48. The second-order valence-electron chi connectivity index (χ2n) is 6.45. The molecule has 0 radical (unpaired) electrons. The van der Waals surface area contributed by atoms with Crippen molar-refractivity contribution in [1.82, 2.24) is 10.3 Å². The van der Waals surface area contributed by atoms with Crippen molar-refractivity contribution in [3.63, 3.8) is 0 Å². The maximum atomic E-state index is 12.4. The summed E-state index contributed by atoms with van der Waals surface area (Å²) in [6.07, 6.45) is 0.658. The molecule has 7 nitrogen and oxygen atoms in total. The molecule has 0 bridgehead atoms. The lowest BCUT2D eigenvalue weighted by Gasteiger charge is -2.37. The van der Waals surface area contributed by atoms with Crippen LogP contribution in [0.3, 0.4) is 0 Å². The van der Waals surface area contributed by atoms with Crippen LogP contribution in [0.4, 0.5) is 5.82 Å². The van der Waals surface area contributed by atoms with Gasteiger partial charge in [-0.05, 0) is 30.9 Å². The number of amides is 1. The molecule has 1 aliphatic heterocycles. The third-order valence-electron chi connectivity index (χ3n) is 4.86. The van der Waals surface area contributed by atoms with E-state index in [1.54, 1.807) is 18.1 Å². The van der Waals surface area contributed by atoms with Gasteiger partial charge in [-0.2, -0.15) is 0 Å². The molecular formula is C17H25N3O4. The maximum absolute atomic E-state index is 12.4. The van der Waals surface area contributed by atoms with Crippen molar-refractivity contribution in [2.24, 2.45) is 5.92 Å². The first kappa shape index (κ1) is 18.2. The molecule has 0 aliphatic carbocycles. The molecule has 2 rings (SSSR count). The van der Waals surface area contributed by atoms with Gasteiger partial charge in [0.05, 0.1) is 19.0 Å². The summed E-state index contributed by atoms with van der Waals surface area (Å²) in [7, 11) is 1.57. The average molecular weight is 335 g/mol. The first-order chi connectivity index (χ1) is 11.3. The SMILES string of the molecule is CCc1cc(C(=O)O)c(N2CNC(=O)C2(C)C(C)C)nc1COC. The molecule has 1 amide bonds. The van der Waals surface area contributed by atoms with Crippen LogP contribution in [-0.2, 0) is 22.6 Å². The van der Waals surface area contributed by atoms with Crippen LogP contribution in [0.25, 0.3) is 0 Å². The summed E-state index contributed by atoms with van der Waals surface area (Å²) in [6.45, 7) is 8.17. The zero-order valence-electron chi connectivity index (χ0n) is 14.8. The molecule has 0 spiro atoms. The number of nitrogens with zero attached hydrogens (tertiary/aromatic N) is 2. The molecule has 132 valence electrons. The fourth-order valence-electron chi connectivity index (χ4n) is 3.00. The Morgan fingerprint density at radius 3 is 2.71 bits per heavy atom. The smallest absolute Gasteiger partial charge is 0.339 e. The van der Waals surface area contributed by atoms with Crippen molar-refractivity contribution in [1.29, 1.82) is 0 Å². The van der Waals surface area contributed by atoms with Crippen LogP contribution in [0, 0.1) is 5.92 Å². The van der Waals surface area contributed by atoms with E-state index in [1.807, 2.05) is 27.7 Å². The number of carboxylic acid groups (broad SMARTS) is 1. The molecule has 0 aromatic carbocycles. The third kappa shape index (κ3) is 2.84. The van der Waals surface area contributed by atoms with E-state index in [4.69, 9.17) is 4.74 Å². The highest BCUT2D eigenvalue weighted by Crippen LogP contribution is 2.35. The Bertz CT molecular complexity index is 659. The fourth-order valence-corrected chi connectivity index (χ4v) is 3.00. The molecule has 1 aromatic heterocycles. The van der Waals surface area contributed by atoms with E-state index in [9.17, 15) is 14.7 Å². The highest BCUT2D eigenvalue weighted by atomic mass is 16.5. The number of rotatable bonds is 6. The van der Waals surface area contributed by atoms with Crippen LogP contribution in [0.1, 0.15) is 49.3 Å². The lowest BCUT2D eigenvalue weighted by Crippen LogP contribution is -2.51. The first-order valence-electron chi connectivity index (χ1n) is 8.08. The van der Waals surface area contributed by atoms with Crippen LogP contribution in [0.5, 0.6) is 0 Å². The molecule has 2 heterocycles. The van der Waals surface area contributed by atoms with Crippen molar-refractivity contribution >= 4 is 17.7 Å². The van der Waals surface area contributed by atoms with Gasteiger partial charge in [0, 0.05) is 7.11 Å². The van der Waals surface area contributed by atoms with Gasteiger partial charge in [-0.25, -0.2) is 9.78 Å². The number of nitrogens with one attached hydrogen (secondary N) is 1. The zero-order valence-corrected chi connectivity index (χ0v) is 14.8. The minimum absolute atomic E-state index is 0.0137. The van der Waals surface area contributed by atoms with Gasteiger partial charge in [-0.15, -0.1) is 0 Å². The Morgan fingerprint density at radius 1 is 1.54 bits per heavy atom. The summed E-state index contributed by atoms with van der Waals surface area (Å²) >= 11 is 0. The Hall–Kier alpha value is -2.15. The molecule has 1 atom stereocenters. The average Bonchev–Trinajstić information content (AvgIpc) is 2.84. The van der Waals surface area contributed by atoms with Crippen LogP contribution in [0.15, 0.2) is 6.07 Å².